The summed E-state index contributed by atoms with van der Waals surface area (Å²) in [5.41, 5.74) is 22.6. The SMILES string of the molecule is Ic1cc(OCCCCc2cc(-c3ccccc3)c(-c3ccccc3)c(-c3ccccc3)c2-c2ccccc2)c(I)cc1OCCCCc1cc(-c2ccccc2)c(-c2ccccc2)c(-c2ccccc2)c1-c1ccccc1. The minimum Gasteiger partial charge on any atom is -0.492 e. The number of benzene rings is 11. The van der Waals surface area contributed by atoms with Gasteiger partial charge in [-0.25, -0.2) is 0 Å². The van der Waals surface area contributed by atoms with E-state index >= 15 is 0 Å². The molecule has 0 bridgehead atoms. The van der Waals surface area contributed by atoms with Gasteiger partial charge in [0.25, 0.3) is 0 Å². The summed E-state index contributed by atoms with van der Waals surface area (Å²) in [6.45, 7) is 1.25. The van der Waals surface area contributed by atoms with E-state index in [0.29, 0.717) is 13.2 Å². The Morgan fingerprint density at radius 2 is 0.487 bits per heavy atom. The van der Waals surface area contributed by atoms with E-state index in [1.54, 1.807) is 0 Å². The highest BCUT2D eigenvalue weighted by Crippen LogP contribution is 2.50. The van der Waals surface area contributed by atoms with Gasteiger partial charge in [-0.15, -0.1) is 0 Å². The molecule has 4 heteroatoms. The first-order chi connectivity index (χ1) is 38.6. The lowest BCUT2D eigenvalue weighted by molar-refractivity contribution is 0.295. The van der Waals surface area contributed by atoms with Crippen LogP contribution in [0.25, 0.3) is 89.0 Å². The average Bonchev–Trinajstić information content (AvgIpc) is 3.69. The summed E-state index contributed by atoms with van der Waals surface area (Å²) >= 11 is 4.82. The van der Waals surface area contributed by atoms with Crippen LogP contribution in [0.3, 0.4) is 0 Å². The predicted octanol–water partition coefficient (Wildman–Crippen LogP) is 21.0. The zero-order chi connectivity index (χ0) is 52.9. The van der Waals surface area contributed by atoms with E-state index in [2.05, 4.69) is 312 Å². The van der Waals surface area contributed by atoms with Crippen LogP contribution in [-0.4, -0.2) is 13.2 Å². The van der Waals surface area contributed by atoms with Crippen LogP contribution in [0, 0.1) is 7.14 Å². The van der Waals surface area contributed by atoms with Gasteiger partial charge in [-0.2, -0.15) is 0 Å². The molecule has 0 aliphatic rings. The fourth-order valence-corrected chi connectivity index (χ4v) is 12.1. The van der Waals surface area contributed by atoms with Crippen LogP contribution >= 0.6 is 45.2 Å². The summed E-state index contributed by atoms with van der Waals surface area (Å²) in [6, 6.07) is 96.6. The Kier molecular flexibility index (Phi) is 17.3. The minimum atomic E-state index is 0.626. The van der Waals surface area contributed by atoms with Crippen LogP contribution in [0.15, 0.2) is 267 Å². The normalized spacial score (nSPS) is 11.1. The Hall–Kier alpha value is -7.52. The largest absolute Gasteiger partial charge is 0.492 e. The Labute approximate surface area is 488 Å². The van der Waals surface area contributed by atoms with Gasteiger partial charge in [0.1, 0.15) is 11.5 Å². The second-order valence-electron chi connectivity index (χ2n) is 19.7. The van der Waals surface area contributed by atoms with E-state index in [1.807, 2.05) is 0 Å². The first kappa shape index (κ1) is 52.5. The number of halogens is 2. The van der Waals surface area contributed by atoms with Crippen LogP contribution in [-0.2, 0) is 12.8 Å². The predicted molar refractivity (Wildman–Crippen MR) is 345 cm³/mol. The number of aryl methyl sites for hydroxylation is 2. The molecular formula is C74H60I2O2. The van der Waals surface area contributed by atoms with Gasteiger partial charge < -0.3 is 9.47 Å². The van der Waals surface area contributed by atoms with Crippen molar-refractivity contribution in [2.24, 2.45) is 0 Å². The van der Waals surface area contributed by atoms with Gasteiger partial charge in [-0.1, -0.05) is 243 Å². The second-order valence-corrected chi connectivity index (χ2v) is 22.0. The molecule has 0 N–H and O–H groups in total. The summed E-state index contributed by atoms with van der Waals surface area (Å²) in [4.78, 5) is 0. The highest BCUT2D eigenvalue weighted by Gasteiger charge is 2.25. The van der Waals surface area contributed by atoms with E-state index in [-0.39, 0.29) is 0 Å². The molecule has 0 saturated carbocycles. The lowest BCUT2D eigenvalue weighted by atomic mass is 9.79. The van der Waals surface area contributed by atoms with Crippen LogP contribution in [0.5, 0.6) is 11.5 Å². The van der Waals surface area contributed by atoms with Crippen LogP contribution in [0.4, 0.5) is 0 Å². The number of hydrogen-bond acceptors (Lipinski definition) is 2. The van der Waals surface area contributed by atoms with Crippen molar-refractivity contribution in [3.8, 4) is 101 Å². The Morgan fingerprint density at radius 1 is 0.244 bits per heavy atom. The second kappa shape index (κ2) is 25.8. The molecule has 0 unspecified atom stereocenters. The van der Waals surface area contributed by atoms with Crippen molar-refractivity contribution in [3.63, 3.8) is 0 Å². The molecule has 0 heterocycles. The number of ether oxygens (including phenoxy) is 2. The Bertz CT molecular complexity index is 3450. The van der Waals surface area contributed by atoms with Crippen LogP contribution in [0.1, 0.15) is 36.8 Å². The van der Waals surface area contributed by atoms with Crippen LogP contribution < -0.4 is 9.47 Å². The topological polar surface area (TPSA) is 18.5 Å². The molecule has 0 aliphatic heterocycles. The first-order valence-corrected chi connectivity index (χ1v) is 29.3. The lowest BCUT2D eigenvalue weighted by Crippen LogP contribution is -2.04. The number of hydrogen-bond donors (Lipinski definition) is 0. The van der Waals surface area contributed by atoms with Crippen molar-refractivity contribution in [2.45, 2.75) is 38.5 Å². The molecule has 11 aromatic carbocycles. The third kappa shape index (κ3) is 12.1. The molecule has 0 radical (unpaired) electrons. The minimum absolute atomic E-state index is 0.626. The summed E-state index contributed by atoms with van der Waals surface area (Å²) in [6.07, 6.45) is 5.63. The van der Waals surface area contributed by atoms with Gasteiger partial charge in [0.15, 0.2) is 0 Å². The fourth-order valence-electron chi connectivity index (χ4n) is 11.0. The number of rotatable bonds is 20. The molecule has 382 valence electrons. The molecule has 0 aromatic heterocycles. The van der Waals surface area contributed by atoms with Gasteiger partial charge in [0.05, 0.1) is 20.4 Å². The molecule has 78 heavy (non-hydrogen) atoms. The van der Waals surface area contributed by atoms with Crippen molar-refractivity contribution in [1.29, 1.82) is 0 Å². The zero-order valence-electron chi connectivity index (χ0n) is 43.6. The smallest absolute Gasteiger partial charge is 0.133 e. The number of unbranched alkanes of at least 4 members (excludes halogenated alkanes) is 2. The third-order valence-corrected chi connectivity index (χ3v) is 16.2. The van der Waals surface area contributed by atoms with Gasteiger partial charge in [0.2, 0.25) is 0 Å². The van der Waals surface area contributed by atoms with E-state index in [4.69, 9.17) is 9.47 Å². The quantitative estimate of drug-likeness (QED) is 0.0559. The van der Waals surface area contributed by atoms with Crippen molar-refractivity contribution in [1.82, 2.24) is 0 Å². The molecule has 0 aliphatic carbocycles. The molecule has 0 spiro atoms. The maximum atomic E-state index is 6.58. The third-order valence-electron chi connectivity index (χ3n) is 14.5. The van der Waals surface area contributed by atoms with Crippen LogP contribution in [0.2, 0.25) is 0 Å². The van der Waals surface area contributed by atoms with E-state index in [0.717, 1.165) is 57.2 Å². The molecule has 2 nitrogen and oxygen atoms in total. The molecular weight excluding hydrogens is 1170 g/mol. The highest BCUT2D eigenvalue weighted by atomic mass is 127. The maximum Gasteiger partial charge on any atom is 0.133 e. The van der Waals surface area contributed by atoms with Crippen molar-refractivity contribution in [2.75, 3.05) is 13.2 Å². The first-order valence-electron chi connectivity index (χ1n) is 27.2. The fraction of sp³-hybridized carbons (Fsp3) is 0.108. The maximum absolute atomic E-state index is 6.58. The van der Waals surface area contributed by atoms with Gasteiger partial charge in [0, 0.05) is 0 Å². The van der Waals surface area contributed by atoms with Gasteiger partial charge in [-0.3, -0.25) is 0 Å². The molecule has 0 amide bonds. The standard InChI is InChI=1S/C74H60I2O2/c75-65-52-68(78-48-28-26-46-62-50-64(54-31-11-2-12-32-54)72(58-39-19-6-20-40-58)74(60-43-23-8-24-44-60)70(62)56-35-15-4-16-36-56)66(76)51-67(65)77-47-27-25-45-61-49-63(53-29-9-1-10-30-53)71(57-37-17-5-18-38-57)73(59-41-21-7-22-42-59)69(61)55-33-13-3-14-34-55/h1-24,29-44,49-52H,25-28,45-48H2. The Morgan fingerprint density at radius 3 is 0.769 bits per heavy atom. The lowest BCUT2D eigenvalue weighted by Gasteiger charge is -2.24. The zero-order valence-corrected chi connectivity index (χ0v) is 47.9. The molecule has 0 saturated heterocycles. The monoisotopic (exact) mass is 1230 g/mol. The Balaban J connectivity index is 0.797. The van der Waals surface area contributed by atoms with E-state index in [9.17, 15) is 0 Å². The summed E-state index contributed by atoms with van der Waals surface area (Å²) < 4.78 is 15.3. The summed E-state index contributed by atoms with van der Waals surface area (Å²) in [5, 5.41) is 0. The van der Waals surface area contributed by atoms with Gasteiger partial charge in [-0.05, 0) is 208 Å². The molecule has 11 aromatic rings. The van der Waals surface area contributed by atoms with Gasteiger partial charge >= 0.3 is 0 Å². The average molecular weight is 1240 g/mol. The summed E-state index contributed by atoms with van der Waals surface area (Å²) in [5.74, 6) is 1.80. The van der Waals surface area contributed by atoms with E-state index < -0.39 is 0 Å². The van der Waals surface area contributed by atoms with Crippen molar-refractivity contribution in [3.05, 3.63) is 285 Å². The highest BCUT2D eigenvalue weighted by molar-refractivity contribution is 14.1. The van der Waals surface area contributed by atoms with E-state index in [1.165, 1.54) is 100 Å². The molecule has 0 fully saturated rings. The molecule has 0 atom stereocenters. The van der Waals surface area contributed by atoms with Crippen molar-refractivity contribution >= 4 is 45.2 Å². The van der Waals surface area contributed by atoms with Crippen molar-refractivity contribution < 1.29 is 9.47 Å². The summed E-state index contributed by atoms with van der Waals surface area (Å²) in [7, 11) is 0. The molecule has 11 rings (SSSR count).